The lowest BCUT2D eigenvalue weighted by Crippen LogP contribution is -2.38. The Morgan fingerprint density at radius 1 is 1.26 bits per heavy atom. The number of carbonyl (C=O) groups is 2. The van der Waals surface area contributed by atoms with Gasteiger partial charge in [0.1, 0.15) is 6.29 Å². The molecule has 0 amide bonds. The topological polar surface area (TPSA) is 78.9 Å². The number of ether oxygens (including phenoxy) is 1. The maximum atomic E-state index is 13.3. The van der Waals surface area contributed by atoms with Crippen molar-refractivity contribution in [3.63, 3.8) is 0 Å². The van der Waals surface area contributed by atoms with E-state index in [-0.39, 0.29) is 11.2 Å². The van der Waals surface area contributed by atoms with Crippen molar-refractivity contribution in [2.45, 2.75) is 50.5 Å². The summed E-state index contributed by atoms with van der Waals surface area (Å²) >= 11 is 7.33. The predicted octanol–water partition coefficient (Wildman–Crippen LogP) is 5.94. The molecule has 35 heavy (non-hydrogen) atoms. The van der Waals surface area contributed by atoms with E-state index in [2.05, 4.69) is 9.62 Å². The Balaban J connectivity index is 0.000000247. The Bertz CT molecular complexity index is 951. The van der Waals surface area contributed by atoms with Gasteiger partial charge < -0.3 is 20.0 Å². The molecule has 0 aliphatic carbocycles. The van der Waals surface area contributed by atoms with Crippen LogP contribution >= 0.6 is 23.5 Å². The molecule has 0 aromatic heterocycles. The van der Waals surface area contributed by atoms with Gasteiger partial charge in [0.05, 0.1) is 12.2 Å². The van der Waals surface area contributed by atoms with Gasteiger partial charge in [-0.1, -0.05) is 25.4 Å². The number of carboxylic acid groups (broad SMARTS) is 1. The quantitative estimate of drug-likeness (QED) is 0.226. The van der Waals surface area contributed by atoms with E-state index < -0.39 is 11.8 Å². The number of aldehydes is 1. The fourth-order valence-electron chi connectivity index (χ4n) is 3.40. The highest BCUT2D eigenvalue weighted by Crippen LogP contribution is 2.26. The number of carboxylic acids is 1. The Morgan fingerprint density at radius 2 is 1.91 bits per heavy atom. The molecule has 1 saturated heterocycles. The zero-order valence-corrected chi connectivity index (χ0v) is 22.0. The van der Waals surface area contributed by atoms with Crippen LogP contribution in [-0.2, 0) is 4.79 Å². The van der Waals surface area contributed by atoms with Crippen LogP contribution in [0.3, 0.4) is 0 Å². The van der Waals surface area contributed by atoms with Gasteiger partial charge >= 0.3 is 5.97 Å². The number of rotatable bonds is 10. The van der Waals surface area contributed by atoms with Gasteiger partial charge in [0.15, 0.2) is 11.6 Å². The molecule has 3 rings (SSSR count). The second-order valence-electron chi connectivity index (χ2n) is 9.05. The Kier molecular flexibility index (Phi) is 12.0. The number of halogens is 2. The predicted molar refractivity (Wildman–Crippen MR) is 139 cm³/mol. The summed E-state index contributed by atoms with van der Waals surface area (Å²) in [6.45, 7) is 6.25. The van der Waals surface area contributed by atoms with E-state index in [9.17, 15) is 14.0 Å². The van der Waals surface area contributed by atoms with Crippen LogP contribution in [0.2, 0.25) is 5.02 Å². The summed E-state index contributed by atoms with van der Waals surface area (Å²) in [6.07, 6.45) is 4.67. The standard InChI is InChI=1S/C13H16ClFO2.C13H18N2O2S/c1-13(2,9-16)6-3-7-17-12-5-4-10(14)8-11(12)15;1-14-11-6-8-15(9-7-11)18-12-4-2-10(3-5-12)13(16)17/h4-5,8-9H,3,6-7H2,1-2H3;2-5,11,14H,6-9H2,1H3,(H,16,17). The first-order valence-electron chi connectivity index (χ1n) is 11.6. The lowest BCUT2D eigenvalue weighted by molar-refractivity contribution is -0.115. The SMILES string of the molecule is CC(C)(C=O)CCCOc1ccc(Cl)cc1F.CNC1CCN(Sc2ccc(C(=O)O)cc2)CC1. The molecule has 0 spiro atoms. The van der Waals surface area contributed by atoms with Crippen LogP contribution in [0.4, 0.5) is 4.39 Å². The molecular weight excluding hydrogens is 491 g/mol. The smallest absolute Gasteiger partial charge is 0.335 e. The van der Waals surface area contributed by atoms with Gasteiger partial charge in [0.2, 0.25) is 0 Å². The van der Waals surface area contributed by atoms with E-state index in [4.69, 9.17) is 21.4 Å². The van der Waals surface area contributed by atoms with Gasteiger partial charge in [-0.25, -0.2) is 13.5 Å². The average Bonchev–Trinajstić information content (AvgIpc) is 2.84. The van der Waals surface area contributed by atoms with Crippen LogP contribution in [-0.4, -0.2) is 54.5 Å². The first-order valence-corrected chi connectivity index (χ1v) is 12.8. The van der Waals surface area contributed by atoms with Crippen molar-refractivity contribution >= 4 is 35.8 Å². The van der Waals surface area contributed by atoms with E-state index in [0.717, 1.165) is 37.1 Å². The fourth-order valence-corrected chi connectivity index (χ4v) is 4.51. The van der Waals surface area contributed by atoms with Crippen molar-refractivity contribution in [1.82, 2.24) is 9.62 Å². The van der Waals surface area contributed by atoms with Crippen LogP contribution in [0.5, 0.6) is 5.75 Å². The third-order valence-corrected chi connectivity index (χ3v) is 6.98. The van der Waals surface area contributed by atoms with Gasteiger partial charge in [0, 0.05) is 34.5 Å². The molecular formula is C26H34ClFN2O4S. The van der Waals surface area contributed by atoms with Gasteiger partial charge in [-0.15, -0.1) is 0 Å². The molecule has 0 bridgehead atoms. The highest BCUT2D eigenvalue weighted by molar-refractivity contribution is 7.97. The largest absolute Gasteiger partial charge is 0.491 e. The van der Waals surface area contributed by atoms with Crippen LogP contribution < -0.4 is 10.1 Å². The summed E-state index contributed by atoms with van der Waals surface area (Å²) in [5.74, 6) is -1.15. The van der Waals surface area contributed by atoms with Gasteiger partial charge in [-0.3, -0.25) is 0 Å². The van der Waals surface area contributed by atoms with E-state index in [1.807, 2.05) is 33.0 Å². The Hall–Kier alpha value is -2.13. The zero-order chi connectivity index (χ0) is 25.8. The third-order valence-electron chi connectivity index (χ3n) is 5.63. The molecule has 2 aromatic rings. The molecule has 6 nitrogen and oxygen atoms in total. The van der Waals surface area contributed by atoms with Crippen LogP contribution in [0, 0.1) is 11.2 Å². The molecule has 1 aliphatic rings. The minimum Gasteiger partial charge on any atom is -0.491 e. The zero-order valence-electron chi connectivity index (χ0n) is 20.4. The molecule has 192 valence electrons. The van der Waals surface area contributed by atoms with Gasteiger partial charge in [0.25, 0.3) is 0 Å². The molecule has 0 saturated carbocycles. The van der Waals surface area contributed by atoms with Crippen LogP contribution in [0.25, 0.3) is 0 Å². The maximum absolute atomic E-state index is 13.3. The molecule has 9 heteroatoms. The number of nitrogens with zero attached hydrogens (tertiary/aromatic N) is 1. The first-order chi connectivity index (χ1) is 16.6. The second kappa shape index (κ2) is 14.4. The summed E-state index contributed by atoms with van der Waals surface area (Å²) in [4.78, 5) is 22.5. The Morgan fingerprint density at radius 3 is 2.46 bits per heavy atom. The molecule has 2 N–H and O–H groups in total. The highest BCUT2D eigenvalue weighted by atomic mass is 35.5. The number of aromatic carboxylic acids is 1. The molecule has 0 radical (unpaired) electrons. The Labute approximate surface area is 216 Å². The summed E-state index contributed by atoms with van der Waals surface area (Å²) in [6, 6.07) is 12.0. The number of hydrogen-bond acceptors (Lipinski definition) is 6. The van der Waals surface area contributed by atoms with Crippen molar-refractivity contribution in [1.29, 1.82) is 0 Å². The number of benzene rings is 2. The molecule has 0 atom stereocenters. The third kappa shape index (κ3) is 10.6. The monoisotopic (exact) mass is 524 g/mol. The number of hydrogen-bond donors (Lipinski definition) is 2. The van der Waals surface area contributed by atoms with Crippen LogP contribution in [0.1, 0.15) is 49.9 Å². The normalized spacial score (nSPS) is 14.7. The van der Waals surface area contributed by atoms with Crippen molar-refractivity contribution in [3.8, 4) is 5.75 Å². The van der Waals surface area contributed by atoms with Crippen molar-refractivity contribution in [2.24, 2.45) is 5.41 Å². The fraction of sp³-hybridized carbons (Fsp3) is 0.462. The van der Waals surface area contributed by atoms with Gasteiger partial charge in [-0.05, 0) is 87.1 Å². The maximum Gasteiger partial charge on any atom is 0.335 e. The minimum atomic E-state index is -0.874. The number of piperidine rings is 1. The van der Waals surface area contributed by atoms with Crippen molar-refractivity contribution in [3.05, 3.63) is 58.9 Å². The molecule has 1 heterocycles. The minimum absolute atomic E-state index is 0.193. The molecule has 0 unspecified atom stereocenters. The number of carbonyl (C=O) groups excluding carboxylic acids is 1. The lowest BCUT2D eigenvalue weighted by atomic mass is 9.90. The number of nitrogens with one attached hydrogen (secondary N) is 1. The second-order valence-corrected chi connectivity index (χ2v) is 10.7. The van der Waals surface area contributed by atoms with Crippen LogP contribution in [0.15, 0.2) is 47.4 Å². The summed E-state index contributed by atoms with van der Waals surface area (Å²) in [5.41, 5.74) is -0.00437. The lowest BCUT2D eigenvalue weighted by Gasteiger charge is -2.30. The molecule has 2 aromatic carbocycles. The highest BCUT2D eigenvalue weighted by Gasteiger charge is 2.18. The summed E-state index contributed by atoms with van der Waals surface area (Å²) in [5, 5.41) is 12.5. The summed E-state index contributed by atoms with van der Waals surface area (Å²) < 4.78 is 20.9. The average molecular weight is 525 g/mol. The van der Waals surface area contributed by atoms with Crippen molar-refractivity contribution in [2.75, 3.05) is 26.7 Å². The van der Waals surface area contributed by atoms with E-state index in [1.165, 1.54) is 12.1 Å². The summed E-state index contributed by atoms with van der Waals surface area (Å²) in [7, 11) is 2.01. The van der Waals surface area contributed by atoms with E-state index in [1.54, 1.807) is 30.1 Å². The first kappa shape index (κ1) is 29.1. The van der Waals surface area contributed by atoms with E-state index >= 15 is 0 Å². The van der Waals surface area contributed by atoms with Crippen molar-refractivity contribution < 1.29 is 23.8 Å². The van der Waals surface area contributed by atoms with E-state index in [0.29, 0.717) is 36.1 Å². The molecule has 1 fully saturated rings. The van der Waals surface area contributed by atoms with Gasteiger partial charge in [-0.2, -0.15) is 0 Å². The molecule has 1 aliphatic heterocycles.